The maximum absolute atomic E-state index is 12.4. The lowest BCUT2D eigenvalue weighted by atomic mass is 10.1. The average Bonchev–Trinajstić information content (AvgIpc) is 3.24. The summed E-state index contributed by atoms with van der Waals surface area (Å²) >= 11 is 1.61. The van der Waals surface area contributed by atoms with Crippen molar-refractivity contribution < 1.29 is 4.79 Å². The van der Waals surface area contributed by atoms with Crippen molar-refractivity contribution in [3.05, 3.63) is 42.0 Å². The number of rotatable bonds is 3. The first-order valence-electron chi connectivity index (χ1n) is 7.64. The zero-order valence-electron chi connectivity index (χ0n) is 12.2. The Morgan fingerprint density at radius 3 is 2.91 bits per heavy atom. The van der Waals surface area contributed by atoms with Crippen LogP contribution in [-0.4, -0.2) is 15.3 Å². The molecule has 1 saturated carbocycles. The molecule has 0 bridgehead atoms. The maximum Gasteiger partial charge on any atom is 0.227 e. The summed E-state index contributed by atoms with van der Waals surface area (Å²) in [6.07, 6.45) is 8.35. The van der Waals surface area contributed by atoms with E-state index in [9.17, 15) is 4.79 Å². The number of hydrogen-bond acceptors (Lipinski definition) is 3. The van der Waals surface area contributed by atoms with Crippen LogP contribution in [-0.2, 0) is 4.79 Å². The predicted molar refractivity (Wildman–Crippen MR) is 89.1 cm³/mol. The van der Waals surface area contributed by atoms with E-state index in [-0.39, 0.29) is 11.8 Å². The number of hydrogen-bond donors (Lipinski definition) is 1. The van der Waals surface area contributed by atoms with E-state index >= 15 is 0 Å². The minimum Gasteiger partial charge on any atom is -0.325 e. The Hall–Kier alpha value is -2.14. The Bertz CT molecular complexity index is 786. The number of carbonyl (C=O) groups excluding carboxylic acids is 1. The van der Waals surface area contributed by atoms with Gasteiger partial charge in [0.15, 0.2) is 4.96 Å². The molecular formula is C17H17N3OS. The molecule has 0 radical (unpaired) electrons. The number of aromatic nitrogens is 2. The van der Waals surface area contributed by atoms with Gasteiger partial charge in [0, 0.05) is 29.3 Å². The molecule has 1 aliphatic carbocycles. The molecule has 5 heteroatoms. The van der Waals surface area contributed by atoms with Gasteiger partial charge in [-0.25, -0.2) is 4.98 Å². The highest BCUT2D eigenvalue weighted by Gasteiger charge is 2.23. The fourth-order valence-electron chi connectivity index (χ4n) is 3.10. The monoisotopic (exact) mass is 311 g/mol. The molecule has 1 aromatic carbocycles. The third-order valence-electron chi connectivity index (χ3n) is 4.28. The summed E-state index contributed by atoms with van der Waals surface area (Å²) in [5, 5.41) is 5.12. The van der Waals surface area contributed by atoms with E-state index in [0.29, 0.717) is 0 Å². The summed E-state index contributed by atoms with van der Waals surface area (Å²) in [6.45, 7) is 0. The van der Waals surface area contributed by atoms with Crippen molar-refractivity contribution >= 4 is 27.9 Å². The van der Waals surface area contributed by atoms with Gasteiger partial charge >= 0.3 is 0 Å². The Labute approximate surface area is 132 Å². The highest BCUT2D eigenvalue weighted by molar-refractivity contribution is 7.15. The Balaban J connectivity index is 1.65. The standard InChI is InChI=1S/C17H17N3OS/c21-16(12-5-1-2-6-12)18-14-8-4-3-7-13(14)15-11-20-9-10-22-17(20)19-15/h3-4,7-12H,1-2,5-6H2,(H,18,21). The molecule has 4 rings (SSSR count). The fraction of sp³-hybridized carbons (Fsp3) is 0.294. The molecule has 0 unspecified atom stereocenters. The summed E-state index contributed by atoms with van der Waals surface area (Å²) in [5.74, 6) is 0.310. The number of imidazole rings is 1. The molecule has 3 aromatic rings. The van der Waals surface area contributed by atoms with E-state index in [4.69, 9.17) is 0 Å². The first-order valence-corrected chi connectivity index (χ1v) is 8.52. The van der Waals surface area contributed by atoms with Crippen molar-refractivity contribution in [3.63, 3.8) is 0 Å². The third-order valence-corrected chi connectivity index (χ3v) is 5.05. The molecule has 1 aliphatic rings. The molecular weight excluding hydrogens is 294 g/mol. The van der Waals surface area contributed by atoms with Crippen LogP contribution in [0.25, 0.3) is 16.2 Å². The normalized spacial score (nSPS) is 15.5. The molecule has 1 N–H and O–H groups in total. The molecule has 2 heterocycles. The van der Waals surface area contributed by atoms with E-state index in [1.54, 1.807) is 11.3 Å². The van der Waals surface area contributed by atoms with Crippen LogP contribution >= 0.6 is 11.3 Å². The average molecular weight is 311 g/mol. The zero-order valence-corrected chi connectivity index (χ0v) is 13.0. The second-order valence-corrected chi connectivity index (χ2v) is 6.61. The Morgan fingerprint density at radius 1 is 1.27 bits per heavy atom. The van der Waals surface area contributed by atoms with Crippen molar-refractivity contribution in [2.24, 2.45) is 5.92 Å². The van der Waals surface area contributed by atoms with E-state index in [2.05, 4.69) is 10.3 Å². The number of fused-ring (bicyclic) bond motifs is 1. The predicted octanol–water partition coefficient (Wildman–Crippen LogP) is 4.19. The molecule has 112 valence electrons. The highest BCUT2D eigenvalue weighted by Crippen LogP contribution is 2.31. The largest absolute Gasteiger partial charge is 0.325 e. The number of nitrogens with zero attached hydrogens (tertiary/aromatic N) is 2. The van der Waals surface area contributed by atoms with Crippen molar-refractivity contribution in [2.45, 2.75) is 25.7 Å². The molecule has 0 aliphatic heterocycles. The van der Waals surface area contributed by atoms with E-state index in [1.165, 1.54) is 0 Å². The molecule has 2 aromatic heterocycles. The lowest BCUT2D eigenvalue weighted by Gasteiger charge is -2.13. The van der Waals surface area contributed by atoms with Crippen LogP contribution in [0.3, 0.4) is 0 Å². The van der Waals surface area contributed by atoms with Gasteiger partial charge in [-0.1, -0.05) is 31.0 Å². The van der Waals surface area contributed by atoms with Gasteiger partial charge < -0.3 is 5.32 Å². The minimum atomic E-state index is 0.144. The van der Waals surface area contributed by atoms with Gasteiger partial charge in [0.05, 0.1) is 11.4 Å². The van der Waals surface area contributed by atoms with Crippen molar-refractivity contribution in [1.29, 1.82) is 0 Å². The maximum atomic E-state index is 12.4. The first-order chi connectivity index (χ1) is 10.8. The molecule has 0 spiro atoms. The number of anilines is 1. The molecule has 0 saturated heterocycles. The van der Waals surface area contributed by atoms with Crippen LogP contribution in [0.15, 0.2) is 42.0 Å². The van der Waals surface area contributed by atoms with Crippen LogP contribution in [0.4, 0.5) is 5.69 Å². The number of nitrogens with one attached hydrogen (secondary N) is 1. The molecule has 4 nitrogen and oxygen atoms in total. The van der Waals surface area contributed by atoms with Crippen molar-refractivity contribution in [1.82, 2.24) is 9.38 Å². The van der Waals surface area contributed by atoms with Gasteiger partial charge in [-0.05, 0) is 18.9 Å². The van der Waals surface area contributed by atoms with Crippen LogP contribution in [0.1, 0.15) is 25.7 Å². The Kier molecular flexibility index (Phi) is 3.42. The summed E-state index contributed by atoms with van der Waals surface area (Å²) in [6, 6.07) is 7.90. The number of carbonyl (C=O) groups is 1. The van der Waals surface area contributed by atoms with Crippen molar-refractivity contribution in [2.75, 3.05) is 5.32 Å². The fourth-order valence-corrected chi connectivity index (χ4v) is 3.80. The number of thiazole rings is 1. The first kappa shape index (κ1) is 13.5. The summed E-state index contributed by atoms with van der Waals surface area (Å²) in [7, 11) is 0. The molecule has 1 fully saturated rings. The number of amides is 1. The van der Waals surface area contributed by atoms with Gasteiger partial charge in [-0.2, -0.15) is 0 Å². The van der Waals surface area contributed by atoms with E-state index in [0.717, 1.165) is 47.6 Å². The highest BCUT2D eigenvalue weighted by atomic mass is 32.1. The smallest absolute Gasteiger partial charge is 0.227 e. The van der Waals surface area contributed by atoms with E-state index < -0.39 is 0 Å². The Morgan fingerprint density at radius 2 is 2.09 bits per heavy atom. The van der Waals surface area contributed by atoms with Crippen molar-refractivity contribution in [3.8, 4) is 11.3 Å². The van der Waals surface area contributed by atoms with Crippen LogP contribution < -0.4 is 5.32 Å². The molecule has 1 amide bonds. The lowest BCUT2D eigenvalue weighted by molar-refractivity contribution is -0.119. The summed E-state index contributed by atoms with van der Waals surface area (Å²) in [4.78, 5) is 18.0. The third kappa shape index (κ3) is 2.41. The molecule has 22 heavy (non-hydrogen) atoms. The van der Waals surface area contributed by atoms with Crippen LogP contribution in [0.2, 0.25) is 0 Å². The number of para-hydroxylation sites is 1. The topological polar surface area (TPSA) is 46.4 Å². The summed E-state index contributed by atoms with van der Waals surface area (Å²) in [5.41, 5.74) is 2.73. The second kappa shape index (κ2) is 5.57. The van der Waals surface area contributed by atoms with Gasteiger partial charge in [0.2, 0.25) is 5.91 Å². The lowest BCUT2D eigenvalue weighted by Crippen LogP contribution is -2.20. The van der Waals surface area contributed by atoms with Gasteiger partial charge in [-0.15, -0.1) is 11.3 Å². The van der Waals surface area contributed by atoms with Gasteiger partial charge in [0.25, 0.3) is 0 Å². The second-order valence-electron chi connectivity index (χ2n) is 5.74. The van der Waals surface area contributed by atoms with Crippen LogP contribution in [0, 0.1) is 5.92 Å². The molecule has 0 atom stereocenters. The SMILES string of the molecule is O=C(Nc1ccccc1-c1cn2ccsc2n1)C1CCCC1. The quantitative estimate of drug-likeness (QED) is 0.788. The number of benzene rings is 1. The van der Waals surface area contributed by atoms with E-state index in [1.807, 2.05) is 46.4 Å². The summed E-state index contributed by atoms with van der Waals surface area (Å²) < 4.78 is 2.01. The zero-order chi connectivity index (χ0) is 14.9. The van der Waals surface area contributed by atoms with Gasteiger partial charge in [0.1, 0.15) is 0 Å². The minimum absolute atomic E-state index is 0.144. The van der Waals surface area contributed by atoms with Gasteiger partial charge in [-0.3, -0.25) is 9.20 Å². The van der Waals surface area contributed by atoms with Crippen LogP contribution in [0.5, 0.6) is 0 Å².